The van der Waals surface area contributed by atoms with E-state index in [4.69, 9.17) is 0 Å². The monoisotopic (exact) mass is 282 g/mol. The number of halogens is 2. The summed E-state index contributed by atoms with van der Waals surface area (Å²) in [5.41, 5.74) is 4.11. The Kier molecular flexibility index (Phi) is 3.70. The molecule has 0 nitrogen and oxygen atoms in total. The third-order valence-corrected chi connectivity index (χ3v) is 3.79. The second-order valence-electron chi connectivity index (χ2n) is 5.32. The Morgan fingerprint density at radius 1 is 0.762 bits per heavy atom. The quantitative estimate of drug-likeness (QED) is 0.573. The first-order chi connectivity index (χ1) is 10.2. The van der Waals surface area contributed by atoms with Crippen LogP contribution in [0.5, 0.6) is 0 Å². The first-order valence-corrected chi connectivity index (χ1v) is 6.96. The summed E-state index contributed by atoms with van der Waals surface area (Å²) < 4.78 is 25.8. The molecule has 0 atom stereocenters. The van der Waals surface area contributed by atoms with Gasteiger partial charge >= 0.3 is 0 Å². The van der Waals surface area contributed by atoms with Crippen LogP contribution in [-0.4, -0.2) is 0 Å². The van der Waals surface area contributed by atoms with Gasteiger partial charge in [-0.2, -0.15) is 0 Å². The molecular weight excluding hydrogens is 266 g/mol. The predicted octanol–water partition coefficient (Wildman–Crippen LogP) is 5.75. The summed E-state index contributed by atoms with van der Waals surface area (Å²) in [4.78, 5) is 0. The lowest BCUT2D eigenvalue weighted by molar-refractivity contribution is 0.475. The Labute approximate surface area is 123 Å². The van der Waals surface area contributed by atoms with Crippen LogP contribution in [0.15, 0.2) is 54.6 Å². The summed E-state index contributed by atoms with van der Waals surface area (Å²) >= 11 is 0. The lowest BCUT2D eigenvalue weighted by atomic mass is 9.96. The Morgan fingerprint density at radius 2 is 1.48 bits per heavy atom. The molecule has 2 heteroatoms. The van der Waals surface area contributed by atoms with Crippen molar-refractivity contribution in [3.8, 4) is 11.1 Å². The fourth-order valence-electron chi connectivity index (χ4n) is 2.71. The molecule has 0 spiro atoms. The van der Waals surface area contributed by atoms with E-state index in [9.17, 15) is 8.78 Å². The minimum atomic E-state index is -0.576. The lowest BCUT2D eigenvalue weighted by Crippen LogP contribution is -1.88. The second-order valence-corrected chi connectivity index (χ2v) is 5.32. The van der Waals surface area contributed by atoms with Gasteiger partial charge in [-0.3, -0.25) is 0 Å². The molecule has 0 radical (unpaired) electrons. The van der Waals surface area contributed by atoms with E-state index in [1.807, 2.05) is 12.1 Å². The van der Waals surface area contributed by atoms with E-state index >= 15 is 0 Å². The van der Waals surface area contributed by atoms with Gasteiger partial charge in [0.25, 0.3) is 0 Å². The third-order valence-electron chi connectivity index (χ3n) is 3.79. The standard InChI is InChI=1S/C19H16F2/c1-13-3-2-4-17-10-16(5-6-19(13)17)18-8-14(11-20)7-15(9-18)12-21/h2-10H,11-12H2,1H3. The topological polar surface area (TPSA) is 0 Å². The van der Waals surface area contributed by atoms with Crippen LogP contribution in [0, 0.1) is 6.92 Å². The normalized spacial score (nSPS) is 11.0. The fraction of sp³-hybridized carbons (Fsp3) is 0.158. The van der Waals surface area contributed by atoms with Crippen LogP contribution < -0.4 is 0 Å². The molecule has 3 rings (SSSR count). The first kappa shape index (κ1) is 13.7. The summed E-state index contributed by atoms with van der Waals surface area (Å²) in [6.45, 7) is 0.925. The molecule has 0 aliphatic carbocycles. The maximum absolute atomic E-state index is 12.9. The van der Waals surface area contributed by atoms with Crippen molar-refractivity contribution in [3.05, 3.63) is 71.3 Å². The van der Waals surface area contributed by atoms with Crippen molar-refractivity contribution in [2.75, 3.05) is 0 Å². The zero-order valence-electron chi connectivity index (χ0n) is 11.9. The maximum Gasteiger partial charge on any atom is 0.115 e. The van der Waals surface area contributed by atoms with Crippen molar-refractivity contribution in [2.24, 2.45) is 0 Å². The SMILES string of the molecule is Cc1cccc2cc(-c3cc(CF)cc(CF)c3)ccc12. The highest BCUT2D eigenvalue weighted by molar-refractivity contribution is 5.89. The smallest absolute Gasteiger partial charge is 0.115 e. The molecule has 0 aliphatic rings. The number of rotatable bonds is 3. The predicted molar refractivity (Wildman–Crippen MR) is 83.7 cm³/mol. The van der Waals surface area contributed by atoms with Crippen LogP contribution >= 0.6 is 0 Å². The van der Waals surface area contributed by atoms with E-state index in [-0.39, 0.29) is 0 Å². The molecule has 3 aromatic rings. The van der Waals surface area contributed by atoms with Crippen molar-refractivity contribution in [1.29, 1.82) is 0 Å². The molecule has 0 heterocycles. The molecular formula is C19H16F2. The Balaban J connectivity index is 2.16. The highest BCUT2D eigenvalue weighted by Gasteiger charge is 2.05. The highest BCUT2D eigenvalue weighted by Crippen LogP contribution is 2.28. The van der Waals surface area contributed by atoms with Gasteiger partial charge in [-0.1, -0.05) is 36.4 Å². The van der Waals surface area contributed by atoms with Crippen molar-refractivity contribution in [3.63, 3.8) is 0 Å². The van der Waals surface area contributed by atoms with E-state index in [0.29, 0.717) is 11.1 Å². The number of alkyl halides is 2. The van der Waals surface area contributed by atoms with Gasteiger partial charge in [-0.05, 0) is 63.7 Å². The number of hydrogen-bond donors (Lipinski definition) is 0. The van der Waals surface area contributed by atoms with Crippen LogP contribution in [0.1, 0.15) is 16.7 Å². The fourth-order valence-corrected chi connectivity index (χ4v) is 2.71. The van der Waals surface area contributed by atoms with Crippen LogP contribution in [-0.2, 0) is 13.3 Å². The summed E-state index contributed by atoms with van der Waals surface area (Å²) in [5, 5.41) is 2.34. The summed E-state index contributed by atoms with van der Waals surface area (Å²) in [5.74, 6) is 0. The number of aryl methyl sites for hydroxylation is 1. The lowest BCUT2D eigenvalue weighted by Gasteiger charge is -2.09. The second kappa shape index (κ2) is 5.65. The third kappa shape index (κ3) is 2.66. The van der Waals surface area contributed by atoms with Crippen LogP contribution in [0.25, 0.3) is 21.9 Å². The molecule has 0 N–H and O–H groups in total. The van der Waals surface area contributed by atoms with Crippen LogP contribution in [0.4, 0.5) is 8.78 Å². The molecule has 0 fully saturated rings. The van der Waals surface area contributed by atoms with E-state index < -0.39 is 13.3 Å². The number of benzene rings is 3. The zero-order valence-corrected chi connectivity index (χ0v) is 11.9. The highest BCUT2D eigenvalue weighted by atomic mass is 19.1. The van der Waals surface area contributed by atoms with Gasteiger partial charge in [-0.25, -0.2) is 8.78 Å². The van der Waals surface area contributed by atoms with Crippen molar-refractivity contribution < 1.29 is 8.78 Å². The largest absolute Gasteiger partial charge is 0.246 e. The molecule has 106 valence electrons. The van der Waals surface area contributed by atoms with E-state index in [0.717, 1.165) is 16.5 Å². The van der Waals surface area contributed by atoms with Gasteiger partial charge in [0.2, 0.25) is 0 Å². The first-order valence-electron chi connectivity index (χ1n) is 6.96. The molecule has 21 heavy (non-hydrogen) atoms. The average molecular weight is 282 g/mol. The van der Waals surface area contributed by atoms with Crippen molar-refractivity contribution in [2.45, 2.75) is 20.3 Å². The minimum Gasteiger partial charge on any atom is -0.246 e. The van der Waals surface area contributed by atoms with Crippen molar-refractivity contribution >= 4 is 10.8 Å². The summed E-state index contributed by atoms with van der Waals surface area (Å²) in [6.07, 6.45) is 0. The van der Waals surface area contributed by atoms with E-state index in [2.05, 4.69) is 31.2 Å². The van der Waals surface area contributed by atoms with E-state index in [1.54, 1.807) is 18.2 Å². The van der Waals surface area contributed by atoms with Crippen LogP contribution in [0.3, 0.4) is 0 Å². The van der Waals surface area contributed by atoms with Gasteiger partial charge in [0, 0.05) is 0 Å². The minimum absolute atomic E-state index is 0.518. The zero-order chi connectivity index (χ0) is 14.8. The molecule has 0 saturated heterocycles. The molecule has 3 aromatic carbocycles. The summed E-state index contributed by atoms with van der Waals surface area (Å²) in [7, 11) is 0. The van der Waals surface area contributed by atoms with Gasteiger partial charge in [0.15, 0.2) is 0 Å². The van der Waals surface area contributed by atoms with Gasteiger partial charge < -0.3 is 0 Å². The van der Waals surface area contributed by atoms with Crippen LogP contribution in [0.2, 0.25) is 0 Å². The summed E-state index contributed by atoms with van der Waals surface area (Å²) in [6, 6.07) is 17.5. The van der Waals surface area contributed by atoms with Gasteiger partial charge in [0.1, 0.15) is 13.3 Å². The number of fused-ring (bicyclic) bond motifs is 1. The Morgan fingerprint density at radius 3 is 2.14 bits per heavy atom. The van der Waals surface area contributed by atoms with Gasteiger partial charge in [-0.15, -0.1) is 0 Å². The molecule has 0 bridgehead atoms. The molecule has 0 aromatic heterocycles. The Hall–Kier alpha value is -2.22. The maximum atomic E-state index is 12.9. The number of hydrogen-bond acceptors (Lipinski definition) is 0. The van der Waals surface area contributed by atoms with Crippen molar-refractivity contribution in [1.82, 2.24) is 0 Å². The average Bonchev–Trinajstić information content (AvgIpc) is 2.54. The van der Waals surface area contributed by atoms with E-state index in [1.165, 1.54) is 10.9 Å². The van der Waals surface area contributed by atoms with Gasteiger partial charge in [0.05, 0.1) is 0 Å². The molecule has 0 saturated carbocycles. The molecule has 0 unspecified atom stereocenters. The Bertz CT molecular complexity index is 768. The molecule has 0 aliphatic heterocycles. The molecule has 0 amide bonds.